The van der Waals surface area contributed by atoms with Crippen LogP contribution in [0.1, 0.15) is 20.7 Å². The molecule has 0 aliphatic rings. The highest BCUT2D eigenvalue weighted by Crippen LogP contribution is 2.28. The average Bonchev–Trinajstić information content (AvgIpc) is 3.15. The first-order chi connectivity index (χ1) is 14.1. The van der Waals surface area contributed by atoms with Crippen LogP contribution in [0.5, 0.6) is 0 Å². The smallest absolute Gasteiger partial charge is 0.274 e. The van der Waals surface area contributed by atoms with Crippen molar-refractivity contribution in [1.82, 2.24) is 15.7 Å². The molecule has 144 valence electrons. The monoisotopic (exact) mass is 390 g/mol. The summed E-state index contributed by atoms with van der Waals surface area (Å²) in [6.45, 7) is 0. The van der Waals surface area contributed by atoms with Gasteiger partial charge < -0.3 is 5.32 Å². The molecule has 0 spiro atoms. The summed E-state index contributed by atoms with van der Waals surface area (Å²) in [5.74, 6) is -1.06. The molecule has 29 heavy (non-hydrogen) atoms. The van der Waals surface area contributed by atoms with Crippen LogP contribution in [0.15, 0.2) is 66.7 Å². The Morgan fingerprint density at radius 3 is 2.31 bits per heavy atom. The molecule has 0 fully saturated rings. The number of hydroxylamine groups is 1. The second kappa shape index (κ2) is 7.53. The predicted molar refractivity (Wildman–Crippen MR) is 105 cm³/mol. The van der Waals surface area contributed by atoms with Gasteiger partial charge in [-0.3, -0.25) is 19.9 Å². The summed E-state index contributed by atoms with van der Waals surface area (Å²) in [5, 5.41) is 19.0. The van der Waals surface area contributed by atoms with Crippen LogP contribution in [0.4, 0.5) is 10.2 Å². The van der Waals surface area contributed by atoms with E-state index in [0.717, 1.165) is 0 Å². The maximum Gasteiger partial charge on any atom is 0.274 e. The van der Waals surface area contributed by atoms with Crippen molar-refractivity contribution in [3.05, 3.63) is 83.7 Å². The van der Waals surface area contributed by atoms with Crippen molar-refractivity contribution in [1.29, 1.82) is 0 Å². The lowest BCUT2D eigenvalue weighted by Crippen LogP contribution is -2.19. The molecule has 0 unspecified atom stereocenters. The minimum absolute atomic E-state index is 0.218. The van der Waals surface area contributed by atoms with Gasteiger partial charge in [0.15, 0.2) is 5.82 Å². The number of fused-ring (bicyclic) bond motifs is 1. The van der Waals surface area contributed by atoms with Gasteiger partial charge in [0.25, 0.3) is 11.8 Å². The summed E-state index contributed by atoms with van der Waals surface area (Å²) in [5.41, 5.74) is 3.88. The number of benzene rings is 3. The van der Waals surface area contributed by atoms with Crippen LogP contribution in [0.25, 0.3) is 22.0 Å². The number of nitrogens with zero attached hydrogens (tertiary/aromatic N) is 1. The second-order valence-electron chi connectivity index (χ2n) is 6.28. The molecule has 4 aromatic rings. The normalized spacial score (nSPS) is 10.7. The number of hydrogen-bond donors (Lipinski definition) is 4. The van der Waals surface area contributed by atoms with Gasteiger partial charge in [-0.25, -0.2) is 9.87 Å². The third kappa shape index (κ3) is 3.56. The van der Waals surface area contributed by atoms with Crippen molar-refractivity contribution in [2.24, 2.45) is 0 Å². The maximum atomic E-state index is 14.0. The Balaban J connectivity index is 1.58. The van der Waals surface area contributed by atoms with E-state index in [2.05, 4.69) is 15.5 Å². The van der Waals surface area contributed by atoms with Crippen molar-refractivity contribution in [3.63, 3.8) is 0 Å². The number of halogens is 1. The summed E-state index contributed by atoms with van der Waals surface area (Å²) in [6, 6.07) is 17.5. The van der Waals surface area contributed by atoms with Gasteiger partial charge in [-0.1, -0.05) is 24.3 Å². The number of rotatable bonds is 4. The molecule has 0 aliphatic heterocycles. The van der Waals surface area contributed by atoms with Gasteiger partial charge in [-0.15, -0.1) is 0 Å². The molecule has 0 aliphatic carbocycles. The maximum absolute atomic E-state index is 14.0. The van der Waals surface area contributed by atoms with Gasteiger partial charge in [-0.2, -0.15) is 5.10 Å². The summed E-state index contributed by atoms with van der Waals surface area (Å²) >= 11 is 0. The Labute approximate surface area is 164 Å². The van der Waals surface area contributed by atoms with Crippen LogP contribution in [0.3, 0.4) is 0 Å². The van der Waals surface area contributed by atoms with E-state index in [1.807, 2.05) is 0 Å². The van der Waals surface area contributed by atoms with E-state index >= 15 is 0 Å². The highest BCUT2D eigenvalue weighted by molar-refractivity contribution is 6.08. The largest absolute Gasteiger partial charge is 0.305 e. The first kappa shape index (κ1) is 18.3. The summed E-state index contributed by atoms with van der Waals surface area (Å²) in [6.07, 6.45) is 0. The Hall–Kier alpha value is -4.04. The van der Waals surface area contributed by atoms with Crippen molar-refractivity contribution in [2.75, 3.05) is 5.32 Å². The van der Waals surface area contributed by atoms with Crippen molar-refractivity contribution >= 4 is 28.5 Å². The highest BCUT2D eigenvalue weighted by Gasteiger charge is 2.13. The topological polar surface area (TPSA) is 107 Å². The van der Waals surface area contributed by atoms with Crippen molar-refractivity contribution in [2.45, 2.75) is 0 Å². The lowest BCUT2D eigenvalue weighted by atomic mass is 10.0. The molecule has 8 heteroatoms. The Morgan fingerprint density at radius 1 is 0.931 bits per heavy atom. The van der Waals surface area contributed by atoms with Gasteiger partial charge in [0, 0.05) is 22.1 Å². The molecule has 4 N–H and O–H groups in total. The van der Waals surface area contributed by atoms with Crippen LogP contribution in [-0.2, 0) is 0 Å². The average molecular weight is 390 g/mol. The predicted octanol–water partition coefficient (Wildman–Crippen LogP) is 3.74. The summed E-state index contributed by atoms with van der Waals surface area (Å²) < 4.78 is 14.0. The molecule has 7 nitrogen and oxygen atoms in total. The molecule has 3 aromatic carbocycles. The zero-order valence-electron chi connectivity index (χ0n) is 14.9. The minimum Gasteiger partial charge on any atom is -0.305 e. The van der Waals surface area contributed by atoms with Gasteiger partial charge in [0.1, 0.15) is 5.82 Å². The van der Waals surface area contributed by atoms with Gasteiger partial charge in [0.2, 0.25) is 0 Å². The molecule has 0 radical (unpaired) electrons. The number of aromatic amines is 1. The molecule has 1 heterocycles. The number of anilines is 1. The molecule has 4 rings (SSSR count). The summed E-state index contributed by atoms with van der Waals surface area (Å²) in [4.78, 5) is 23.8. The molecule has 0 saturated heterocycles. The molecule has 0 bridgehead atoms. The number of aromatic nitrogens is 2. The number of nitrogens with one attached hydrogen (secondary N) is 3. The van der Waals surface area contributed by atoms with E-state index in [1.165, 1.54) is 35.8 Å². The van der Waals surface area contributed by atoms with Crippen LogP contribution in [-0.4, -0.2) is 27.2 Å². The zero-order chi connectivity index (χ0) is 20.4. The zero-order valence-corrected chi connectivity index (χ0v) is 14.9. The number of carbonyl (C=O) groups excluding carboxylic acids is 2. The Kier molecular flexibility index (Phi) is 4.76. The molecule has 1 aromatic heterocycles. The first-order valence-electron chi connectivity index (χ1n) is 8.65. The fraction of sp³-hybridized carbons (Fsp3) is 0. The lowest BCUT2D eigenvalue weighted by molar-refractivity contribution is 0.0706. The van der Waals surface area contributed by atoms with Gasteiger partial charge in [-0.05, 0) is 48.0 Å². The van der Waals surface area contributed by atoms with Gasteiger partial charge in [0.05, 0.1) is 5.52 Å². The highest BCUT2D eigenvalue weighted by atomic mass is 19.1. The van der Waals surface area contributed by atoms with E-state index in [0.29, 0.717) is 33.4 Å². The van der Waals surface area contributed by atoms with E-state index in [1.54, 1.807) is 36.4 Å². The summed E-state index contributed by atoms with van der Waals surface area (Å²) in [7, 11) is 0. The van der Waals surface area contributed by atoms with Crippen LogP contribution < -0.4 is 10.8 Å². The Bertz CT molecular complexity index is 1220. The third-order valence-corrected chi connectivity index (χ3v) is 4.49. The molecule has 0 atom stereocenters. The van der Waals surface area contributed by atoms with Gasteiger partial charge >= 0.3 is 0 Å². The Morgan fingerprint density at radius 2 is 1.62 bits per heavy atom. The third-order valence-electron chi connectivity index (χ3n) is 4.49. The van der Waals surface area contributed by atoms with E-state index < -0.39 is 11.8 Å². The first-order valence-corrected chi connectivity index (χ1v) is 8.65. The number of amides is 2. The molecular weight excluding hydrogens is 375 g/mol. The standard InChI is InChI=1S/C21H15FN4O3/c22-17-4-2-1-3-15(17)14-9-10-16-18(11-14)24-25-19(16)23-20(27)12-5-7-13(8-6-12)21(28)26-29/h1-11,29H,(H,26,28)(H2,23,24,25,27). The van der Waals surface area contributed by atoms with Crippen molar-refractivity contribution < 1.29 is 19.2 Å². The minimum atomic E-state index is -0.666. The molecular formula is C21H15FN4O3. The quantitative estimate of drug-likeness (QED) is 0.314. The molecule has 0 saturated carbocycles. The second-order valence-corrected chi connectivity index (χ2v) is 6.28. The van der Waals surface area contributed by atoms with Crippen LogP contribution >= 0.6 is 0 Å². The van der Waals surface area contributed by atoms with Crippen molar-refractivity contribution in [3.8, 4) is 11.1 Å². The number of hydrogen-bond acceptors (Lipinski definition) is 4. The van der Waals surface area contributed by atoms with Crippen LogP contribution in [0, 0.1) is 5.82 Å². The van der Waals surface area contributed by atoms with E-state index in [4.69, 9.17) is 5.21 Å². The van der Waals surface area contributed by atoms with Crippen LogP contribution in [0.2, 0.25) is 0 Å². The van der Waals surface area contributed by atoms with E-state index in [-0.39, 0.29) is 11.4 Å². The molecule has 2 amide bonds. The van der Waals surface area contributed by atoms with E-state index in [9.17, 15) is 14.0 Å². The SMILES string of the molecule is O=C(NO)c1ccc(C(=O)Nc2n[nH]c3cc(-c4ccccc4F)ccc23)cc1. The fourth-order valence-electron chi connectivity index (χ4n) is 2.99. The lowest BCUT2D eigenvalue weighted by Gasteiger charge is -2.05. The number of H-pyrrole nitrogens is 1. The number of carbonyl (C=O) groups is 2. The fourth-order valence-corrected chi connectivity index (χ4v) is 2.99.